The Morgan fingerprint density at radius 1 is 1.00 bits per heavy atom. The second kappa shape index (κ2) is 11.0. The van der Waals surface area contributed by atoms with Crippen LogP contribution < -0.4 is 10.7 Å². The van der Waals surface area contributed by atoms with Crippen LogP contribution in [0, 0.1) is 0 Å². The maximum atomic E-state index is 12.1. The molecule has 0 aliphatic heterocycles. The van der Waals surface area contributed by atoms with Gasteiger partial charge in [0.15, 0.2) is 0 Å². The van der Waals surface area contributed by atoms with E-state index in [9.17, 15) is 24.0 Å². The van der Waals surface area contributed by atoms with Crippen molar-refractivity contribution in [2.75, 3.05) is 6.54 Å². The van der Waals surface area contributed by atoms with Crippen molar-refractivity contribution in [2.45, 2.75) is 25.5 Å². The van der Waals surface area contributed by atoms with Gasteiger partial charge in [-0.25, -0.2) is 24.8 Å². The molecule has 0 fully saturated rings. The van der Waals surface area contributed by atoms with E-state index in [0.29, 0.717) is 10.6 Å². The van der Waals surface area contributed by atoms with E-state index in [-0.39, 0.29) is 6.61 Å². The van der Waals surface area contributed by atoms with Gasteiger partial charge in [-0.05, 0) is 12.0 Å². The maximum Gasteiger partial charge on any atom is 0.426 e. The first kappa shape index (κ1) is 22.2. The van der Waals surface area contributed by atoms with Crippen molar-refractivity contribution < 1.29 is 44.0 Å². The van der Waals surface area contributed by atoms with E-state index in [1.807, 2.05) is 10.7 Å². The van der Waals surface area contributed by atoms with Gasteiger partial charge in [0.25, 0.3) is 0 Å². The lowest BCUT2D eigenvalue weighted by molar-refractivity contribution is -0.140. The third-order valence-electron chi connectivity index (χ3n) is 3.22. The summed E-state index contributed by atoms with van der Waals surface area (Å²) >= 11 is 0. The molecule has 5 N–H and O–H groups in total. The van der Waals surface area contributed by atoms with Gasteiger partial charge in [0.1, 0.15) is 19.2 Å². The maximum absolute atomic E-state index is 12.1. The van der Waals surface area contributed by atoms with Crippen molar-refractivity contribution >= 4 is 30.0 Å². The highest BCUT2D eigenvalue weighted by atomic mass is 16.6. The molecule has 0 spiro atoms. The summed E-state index contributed by atoms with van der Waals surface area (Å²) in [7, 11) is 0. The van der Waals surface area contributed by atoms with Crippen molar-refractivity contribution in [3.63, 3.8) is 0 Å². The number of carbonyl (C=O) groups is 5. The van der Waals surface area contributed by atoms with Crippen molar-refractivity contribution in [2.24, 2.45) is 0 Å². The predicted molar refractivity (Wildman–Crippen MR) is 90.9 cm³/mol. The summed E-state index contributed by atoms with van der Waals surface area (Å²) in [6.45, 7) is -1.14. The fourth-order valence-electron chi connectivity index (χ4n) is 1.92. The highest BCUT2D eigenvalue weighted by Gasteiger charge is 2.26. The Morgan fingerprint density at radius 2 is 1.64 bits per heavy atom. The lowest BCUT2D eigenvalue weighted by atomic mass is 10.1. The minimum atomic E-state index is -1.60. The van der Waals surface area contributed by atoms with Gasteiger partial charge in [0.05, 0.1) is 0 Å². The first-order valence-corrected chi connectivity index (χ1v) is 7.90. The Bertz CT molecular complexity index is 723. The molecule has 28 heavy (non-hydrogen) atoms. The summed E-state index contributed by atoms with van der Waals surface area (Å²) in [5.74, 6) is -4.28. The number of urea groups is 1. The average Bonchev–Trinajstić information content (AvgIpc) is 2.62. The van der Waals surface area contributed by atoms with Crippen LogP contribution in [0.2, 0.25) is 0 Å². The number of hydrogen-bond acceptors (Lipinski definition) is 6. The van der Waals surface area contributed by atoms with Crippen molar-refractivity contribution in [3.8, 4) is 0 Å². The first-order chi connectivity index (χ1) is 13.2. The molecular formula is C16H19N3O9. The van der Waals surface area contributed by atoms with E-state index in [0.717, 1.165) is 0 Å². The number of nitrogens with zero attached hydrogens (tertiary/aromatic N) is 1. The van der Waals surface area contributed by atoms with E-state index < -0.39 is 55.5 Å². The number of carboxylic acid groups (broad SMARTS) is 3. The van der Waals surface area contributed by atoms with Crippen LogP contribution in [-0.2, 0) is 25.7 Å². The van der Waals surface area contributed by atoms with E-state index >= 15 is 0 Å². The Kier molecular flexibility index (Phi) is 8.73. The van der Waals surface area contributed by atoms with Gasteiger partial charge in [-0.15, -0.1) is 0 Å². The third-order valence-corrected chi connectivity index (χ3v) is 3.22. The van der Waals surface area contributed by atoms with Crippen LogP contribution in [0.1, 0.15) is 18.4 Å². The fraction of sp³-hybridized carbons (Fsp3) is 0.312. The second-order valence-electron chi connectivity index (χ2n) is 5.43. The number of rotatable bonds is 9. The summed E-state index contributed by atoms with van der Waals surface area (Å²) < 4.78 is 4.86. The molecule has 152 valence electrons. The molecular weight excluding hydrogens is 378 g/mol. The Labute approximate surface area is 158 Å². The SMILES string of the molecule is O=C(O)CC[C@H](NC(=O)N(CC(=O)O)NC(=O)OCc1ccccc1)C(=O)O. The monoisotopic (exact) mass is 397 g/mol. The molecule has 1 atom stereocenters. The standard InChI is InChI=1S/C16H19N3O9/c20-12(21)7-6-11(14(24)25)17-15(26)19(8-13(22)23)18-16(27)28-9-10-4-2-1-3-5-10/h1-5,11H,6-9H2,(H,17,26)(H,18,27)(H,20,21)(H,22,23)(H,24,25)/t11-/m0/s1. The number of ether oxygens (including phenoxy) is 1. The summed E-state index contributed by atoms with van der Waals surface area (Å²) in [5, 5.41) is 28.8. The molecule has 1 aromatic rings. The normalized spacial score (nSPS) is 11.0. The second-order valence-corrected chi connectivity index (χ2v) is 5.43. The van der Waals surface area contributed by atoms with Gasteiger partial charge in [-0.2, -0.15) is 0 Å². The number of hydrazine groups is 1. The van der Waals surface area contributed by atoms with Crippen LogP contribution in [0.15, 0.2) is 30.3 Å². The minimum absolute atomic E-state index is 0.147. The van der Waals surface area contributed by atoms with E-state index in [2.05, 4.69) is 0 Å². The summed E-state index contributed by atoms with van der Waals surface area (Å²) in [6.07, 6.45) is -2.11. The van der Waals surface area contributed by atoms with Gasteiger partial charge in [-0.1, -0.05) is 30.3 Å². The first-order valence-electron chi connectivity index (χ1n) is 7.90. The van der Waals surface area contributed by atoms with Gasteiger partial charge in [-0.3, -0.25) is 9.59 Å². The fourth-order valence-corrected chi connectivity index (χ4v) is 1.92. The molecule has 0 heterocycles. The molecule has 0 aliphatic carbocycles. The molecule has 1 aromatic carbocycles. The molecule has 0 radical (unpaired) electrons. The zero-order chi connectivity index (χ0) is 21.1. The highest BCUT2D eigenvalue weighted by molar-refractivity contribution is 5.86. The van der Waals surface area contributed by atoms with Crippen molar-refractivity contribution in [1.29, 1.82) is 0 Å². The minimum Gasteiger partial charge on any atom is -0.481 e. The molecule has 0 unspecified atom stereocenters. The smallest absolute Gasteiger partial charge is 0.426 e. The van der Waals surface area contributed by atoms with Crippen LogP contribution >= 0.6 is 0 Å². The van der Waals surface area contributed by atoms with Gasteiger partial charge in [0, 0.05) is 6.42 Å². The van der Waals surface area contributed by atoms with Crippen LogP contribution in [-0.4, -0.2) is 62.9 Å². The average molecular weight is 397 g/mol. The van der Waals surface area contributed by atoms with Crippen molar-refractivity contribution in [1.82, 2.24) is 15.8 Å². The molecule has 1 rings (SSSR count). The van der Waals surface area contributed by atoms with Crippen molar-refractivity contribution in [3.05, 3.63) is 35.9 Å². The zero-order valence-electron chi connectivity index (χ0n) is 14.5. The molecule has 0 aliphatic rings. The molecule has 12 nitrogen and oxygen atoms in total. The molecule has 12 heteroatoms. The van der Waals surface area contributed by atoms with Gasteiger partial charge < -0.3 is 25.4 Å². The Hall–Kier alpha value is -3.83. The van der Waals surface area contributed by atoms with Crippen LogP contribution in [0.5, 0.6) is 0 Å². The summed E-state index contributed by atoms with van der Waals surface area (Å²) in [5.41, 5.74) is 2.54. The topological polar surface area (TPSA) is 183 Å². The van der Waals surface area contributed by atoms with Crippen LogP contribution in [0.25, 0.3) is 0 Å². The molecule has 0 saturated carbocycles. The zero-order valence-corrected chi connectivity index (χ0v) is 14.5. The quantitative estimate of drug-likeness (QED) is 0.364. The number of nitrogens with one attached hydrogen (secondary N) is 2. The third kappa shape index (κ3) is 8.51. The number of carbonyl (C=O) groups excluding carboxylic acids is 2. The molecule has 0 bridgehead atoms. The number of aliphatic carboxylic acids is 3. The summed E-state index contributed by atoms with van der Waals surface area (Å²) in [6, 6.07) is 5.68. The van der Waals surface area contributed by atoms with Gasteiger partial charge >= 0.3 is 30.0 Å². The number of amides is 3. The number of carboxylic acids is 3. The van der Waals surface area contributed by atoms with E-state index in [1.165, 1.54) is 0 Å². The lowest BCUT2D eigenvalue weighted by Gasteiger charge is -2.23. The molecule has 0 aromatic heterocycles. The van der Waals surface area contributed by atoms with Crippen LogP contribution in [0.4, 0.5) is 9.59 Å². The Balaban J connectivity index is 2.69. The van der Waals surface area contributed by atoms with Gasteiger partial charge in [0.2, 0.25) is 0 Å². The molecule has 3 amide bonds. The largest absolute Gasteiger partial charge is 0.481 e. The predicted octanol–water partition coefficient (Wildman–Crippen LogP) is 0.242. The number of hydrogen-bond donors (Lipinski definition) is 5. The highest BCUT2D eigenvalue weighted by Crippen LogP contribution is 2.02. The van der Waals surface area contributed by atoms with Crippen LogP contribution in [0.3, 0.4) is 0 Å². The summed E-state index contributed by atoms with van der Waals surface area (Å²) in [4.78, 5) is 56.5. The van der Waals surface area contributed by atoms with E-state index in [1.54, 1.807) is 30.3 Å². The van der Waals surface area contributed by atoms with E-state index in [4.69, 9.17) is 20.1 Å². The Morgan fingerprint density at radius 3 is 2.18 bits per heavy atom. The molecule has 0 saturated heterocycles. The number of benzene rings is 1. The lowest BCUT2D eigenvalue weighted by Crippen LogP contribution is -2.56.